The van der Waals surface area contributed by atoms with Crippen molar-refractivity contribution in [2.75, 3.05) is 19.7 Å². The summed E-state index contributed by atoms with van der Waals surface area (Å²) in [6, 6.07) is 1.17. The van der Waals surface area contributed by atoms with Crippen LogP contribution in [0.25, 0.3) is 5.57 Å². The van der Waals surface area contributed by atoms with E-state index >= 15 is 0 Å². The first-order valence-corrected chi connectivity index (χ1v) is 5.97. The second-order valence-corrected chi connectivity index (χ2v) is 4.51. The first-order valence-electron chi connectivity index (χ1n) is 5.59. The third-order valence-electron chi connectivity index (χ3n) is 2.83. The maximum Gasteiger partial charge on any atom is 0.297 e. The van der Waals surface area contributed by atoms with Crippen LogP contribution >= 0.6 is 24.0 Å². The summed E-state index contributed by atoms with van der Waals surface area (Å²) in [5, 5.41) is 12.0. The SMILES string of the molecule is Cl.OCC(F)(F)c1cnc(C2=CCNCC2)c(Cl)c1. The van der Waals surface area contributed by atoms with E-state index in [4.69, 9.17) is 16.7 Å². The van der Waals surface area contributed by atoms with Crippen LogP contribution in [0.4, 0.5) is 8.78 Å². The van der Waals surface area contributed by atoms with E-state index in [2.05, 4.69) is 10.3 Å². The molecule has 0 fully saturated rings. The van der Waals surface area contributed by atoms with Crippen LogP contribution in [0.5, 0.6) is 0 Å². The molecule has 1 aromatic rings. The Morgan fingerprint density at radius 2 is 2.21 bits per heavy atom. The minimum Gasteiger partial charge on any atom is -0.390 e. The highest BCUT2D eigenvalue weighted by atomic mass is 35.5. The Bertz CT molecular complexity index is 481. The van der Waals surface area contributed by atoms with Gasteiger partial charge in [0.05, 0.1) is 10.7 Å². The van der Waals surface area contributed by atoms with Gasteiger partial charge in [-0.15, -0.1) is 12.4 Å². The maximum absolute atomic E-state index is 13.3. The van der Waals surface area contributed by atoms with Crippen molar-refractivity contribution in [2.24, 2.45) is 0 Å². The van der Waals surface area contributed by atoms with Crippen LogP contribution in [0.1, 0.15) is 17.7 Å². The van der Waals surface area contributed by atoms with Crippen LogP contribution in [0.15, 0.2) is 18.3 Å². The minimum atomic E-state index is -3.31. The molecule has 0 saturated carbocycles. The van der Waals surface area contributed by atoms with Crippen LogP contribution in [0, 0.1) is 0 Å². The number of hydrogen-bond donors (Lipinski definition) is 2. The van der Waals surface area contributed by atoms with Crippen LogP contribution < -0.4 is 5.32 Å². The Labute approximate surface area is 121 Å². The van der Waals surface area contributed by atoms with Crippen LogP contribution in [0.3, 0.4) is 0 Å². The number of alkyl halides is 2. The van der Waals surface area contributed by atoms with Gasteiger partial charge in [-0.2, -0.15) is 8.78 Å². The fourth-order valence-corrected chi connectivity index (χ4v) is 2.09. The highest BCUT2D eigenvalue weighted by molar-refractivity contribution is 6.32. The lowest BCUT2D eigenvalue weighted by molar-refractivity contribution is -0.0558. The van der Waals surface area contributed by atoms with E-state index in [0.29, 0.717) is 5.69 Å². The van der Waals surface area contributed by atoms with E-state index in [1.54, 1.807) is 0 Å². The van der Waals surface area contributed by atoms with Gasteiger partial charge in [-0.1, -0.05) is 17.7 Å². The quantitative estimate of drug-likeness (QED) is 0.902. The molecule has 0 radical (unpaired) electrons. The molecule has 0 amide bonds. The summed E-state index contributed by atoms with van der Waals surface area (Å²) >= 11 is 5.99. The summed E-state index contributed by atoms with van der Waals surface area (Å²) in [4.78, 5) is 4.00. The molecule has 2 N–H and O–H groups in total. The molecule has 0 saturated heterocycles. The molecule has 19 heavy (non-hydrogen) atoms. The van der Waals surface area contributed by atoms with Gasteiger partial charge in [0.15, 0.2) is 0 Å². The van der Waals surface area contributed by atoms with Crippen molar-refractivity contribution in [1.29, 1.82) is 0 Å². The number of pyridine rings is 1. The second-order valence-electron chi connectivity index (χ2n) is 4.10. The van der Waals surface area contributed by atoms with Gasteiger partial charge in [0.25, 0.3) is 5.92 Å². The first kappa shape index (κ1) is 16.3. The van der Waals surface area contributed by atoms with Gasteiger partial charge in [0.1, 0.15) is 6.61 Å². The zero-order chi connectivity index (χ0) is 13.2. The van der Waals surface area contributed by atoms with E-state index in [1.807, 2.05) is 6.08 Å². The molecule has 0 spiro atoms. The molecular weight excluding hydrogens is 297 g/mol. The number of aliphatic hydroxyl groups excluding tert-OH is 1. The molecule has 2 rings (SSSR count). The number of aromatic nitrogens is 1. The van der Waals surface area contributed by atoms with Gasteiger partial charge in [-0.3, -0.25) is 4.98 Å². The van der Waals surface area contributed by atoms with Gasteiger partial charge in [-0.25, -0.2) is 0 Å². The van der Waals surface area contributed by atoms with E-state index in [-0.39, 0.29) is 23.0 Å². The van der Waals surface area contributed by atoms with E-state index in [0.717, 1.165) is 31.3 Å². The first-order chi connectivity index (χ1) is 8.54. The third-order valence-corrected chi connectivity index (χ3v) is 3.12. The fraction of sp³-hybridized carbons (Fsp3) is 0.417. The van der Waals surface area contributed by atoms with Gasteiger partial charge < -0.3 is 10.4 Å². The van der Waals surface area contributed by atoms with Gasteiger partial charge >= 0.3 is 0 Å². The number of aliphatic hydroxyl groups is 1. The summed E-state index contributed by atoms with van der Waals surface area (Å²) in [6.07, 6.45) is 3.78. The molecule has 1 aliphatic rings. The number of hydrogen-bond acceptors (Lipinski definition) is 3. The highest BCUT2D eigenvalue weighted by Crippen LogP contribution is 2.32. The Morgan fingerprint density at radius 3 is 2.74 bits per heavy atom. The molecule has 0 aliphatic carbocycles. The van der Waals surface area contributed by atoms with Crippen molar-refractivity contribution in [3.63, 3.8) is 0 Å². The monoisotopic (exact) mass is 310 g/mol. The van der Waals surface area contributed by atoms with Gasteiger partial charge in [0, 0.05) is 18.3 Å². The predicted octanol–water partition coefficient (Wildman–Crippen LogP) is 2.62. The Kier molecular flexibility index (Phi) is 5.67. The number of nitrogens with one attached hydrogen (secondary N) is 1. The summed E-state index contributed by atoms with van der Waals surface area (Å²) in [6.45, 7) is 0.289. The van der Waals surface area contributed by atoms with Crippen LogP contribution in [-0.2, 0) is 5.92 Å². The highest BCUT2D eigenvalue weighted by Gasteiger charge is 2.31. The van der Waals surface area contributed by atoms with E-state index in [9.17, 15) is 8.78 Å². The van der Waals surface area contributed by atoms with Gasteiger partial charge in [0.2, 0.25) is 0 Å². The summed E-state index contributed by atoms with van der Waals surface area (Å²) in [7, 11) is 0. The standard InChI is InChI=1S/C12H13ClF2N2O.ClH/c13-10-5-9(12(14,15)7-18)6-17-11(10)8-1-3-16-4-2-8;/h1,5-6,16,18H,2-4,7H2;1H. The smallest absolute Gasteiger partial charge is 0.297 e. The molecule has 1 aliphatic heterocycles. The average molecular weight is 311 g/mol. The molecule has 0 aromatic carbocycles. The van der Waals surface area contributed by atoms with E-state index in [1.165, 1.54) is 6.07 Å². The Hall–Kier alpha value is -0.750. The summed E-state index contributed by atoms with van der Waals surface area (Å²) in [5.74, 6) is -3.31. The lowest BCUT2D eigenvalue weighted by Crippen LogP contribution is -2.21. The summed E-state index contributed by atoms with van der Waals surface area (Å²) < 4.78 is 26.5. The number of halogens is 4. The molecule has 2 heterocycles. The number of rotatable bonds is 3. The molecular formula is C12H14Cl2F2N2O. The molecule has 0 unspecified atom stereocenters. The lowest BCUT2D eigenvalue weighted by atomic mass is 10.0. The molecule has 3 nitrogen and oxygen atoms in total. The van der Waals surface area contributed by atoms with Crippen molar-refractivity contribution < 1.29 is 13.9 Å². The topological polar surface area (TPSA) is 45.2 Å². The second kappa shape index (κ2) is 6.61. The average Bonchev–Trinajstić information content (AvgIpc) is 2.39. The minimum absolute atomic E-state index is 0. The predicted molar refractivity (Wildman–Crippen MR) is 72.9 cm³/mol. The molecule has 106 valence electrons. The maximum atomic E-state index is 13.3. The Morgan fingerprint density at radius 1 is 1.47 bits per heavy atom. The molecule has 7 heteroatoms. The van der Waals surface area contributed by atoms with E-state index < -0.39 is 12.5 Å². The van der Waals surface area contributed by atoms with Crippen molar-refractivity contribution in [3.8, 4) is 0 Å². The van der Waals surface area contributed by atoms with Crippen molar-refractivity contribution in [1.82, 2.24) is 10.3 Å². The zero-order valence-electron chi connectivity index (χ0n) is 10.00. The Balaban J connectivity index is 0.00000180. The summed E-state index contributed by atoms with van der Waals surface area (Å²) in [5.41, 5.74) is 1.13. The largest absolute Gasteiger partial charge is 0.390 e. The van der Waals surface area contributed by atoms with Crippen LogP contribution in [-0.4, -0.2) is 29.8 Å². The van der Waals surface area contributed by atoms with Crippen LogP contribution in [0.2, 0.25) is 5.02 Å². The van der Waals surface area contributed by atoms with Crippen molar-refractivity contribution >= 4 is 29.6 Å². The molecule has 0 bridgehead atoms. The van der Waals surface area contributed by atoms with Gasteiger partial charge in [-0.05, 0) is 24.6 Å². The third kappa shape index (κ3) is 3.63. The van der Waals surface area contributed by atoms with Crippen molar-refractivity contribution in [3.05, 3.63) is 34.6 Å². The number of nitrogens with zero attached hydrogens (tertiary/aromatic N) is 1. The van der Waals surface area contributed by atoms with Crippen molar-refractivity contribution in [2.45, 2.75) is 12.3 Å². The fourth-order valence-electron chi connectivity index (χ4n) is 1.80. The molecule has 0 atom stereocenters. The molecule has 1 aromatic heterocycles. The zero-order valence-corrected chi connectivity index (χ0v) is 11.6. The normalized spacial score (nSPS) is 15.7. The lowest BCUT2D eigenvalue weighted by Gasteiger charge is -2.17.